The molecule has 2 nitrogen and oxygen atoms in total. The summed E-state index contributed by atoms with van der Waals surface area (Å²) in [7, 11) is 0. The van der Waals surface area contributed by atoms with E-state index in [4.69, 9.17) is 0 Å². The van der Waals surface area contributed by atoms with E-state index in [1.807, 2.05) is 0 Å². The Balaban J connectivity index is 2.83. The van der Waals surface area contributed by atoms with Crippen LogP contribution in [0.15, 0.2) is 0 Å². The van der Waals surface area contributed by atoms with Gasteiger partial charge in [0.1, 0.15) is 0 Å². The molecule has 0 aliphatic rings. The molecule has 6 heavy (non-hydrogen) atoms. The van der Waals surface area contributed by atoms with Gasteiger partial charge in [0.25, 0.3) is 0 Å². The number of rotatable bonds is 1. The summed E-state index contributed by atoms with van der Waals surface area (Å²) < 4.78 is 4.37. The van der Waals surface area contributed by atoms with Crippen LogP contribution < -0.4 is 0 Å². The number of hydrogen-bond acceptors (Lipinski definition) is 2. The average molecular weight is 138 g/mol. The van der Waals surface area contributed by atoms with Crippen LogP contribution in [0.1, 0.15) is 6.92 Å². The summed E-state index contributed by atoms with van der Waals surface area (Å²) in [5.74, 6) is 0. The Morgan fingerprint density at radius 2 is 2.50 bits per heavy atom. The molecule has 0 amide bonds. The second-order valence-corrected chi connectivity index (χ2v) is 2.02. The summed E-state index contributed by atoms with van der Waals surface area (Å²) in [5.41, 5.74) is 0. The molecule has 0 radical (unpaired) electrons. The van der Waals surface area contributed by atoms with Crippen molar-refractivity contribution >= 4 is 4.56 Å². The van der Waals surface area contributed by atoms with Crippen molar-refractivity contribution in [3.63, 3.8) is 0 Å². The zero-order valence-corrected chi connectivity index (χ0v) is 6.70. The monoisotopic (exact) mass is 137 g/mol. The van der Waals surface area contributed by atoms with E-state index in [1.54, 1.807) is 6.92 Å². The van der Waals surface area contributed by atoms with Crippen LogP contribution in [-0.4, -0.2) is 11.2 Å². The van der Waals surface area contributed by atoms with Crippen LogP contribution in [0.25, 0.3) is 0 Å². The number of carbonyl (C=O) groups excluding carboxylic acids is 1. The van der Waals surface area contributed by atoms with E-state index < -0.39 is 0 Å². The zero-order valence-electron chi connectivity index (χ0n) is 3.73. The second-order valence-electron chi connectivity index (χ2n) is 0.805. The first-order chi connectivity index (χ1) is 2.77. The first kappa shape index (κ1) is 6.09. The molecule has 0 unspecified atom stereocenters. The molecule has 0 aliphatic heterocycles. The molecule has 0 heterocycles. The van der Waals surface area contributed by atoms with Crippen LogP contribution in [0.5, 0.6) is 0 Å². The van der Waals surface area contributed by atoms with Crippen LogP contribution in [0.3, 0.4) is 0 Å². The van der Waals surface area contributed by atoms with Crippen molar-refractivity contribution in [2.45, 2.75) is 6.92 Å². The van der Waals surface area contributed by atoms with Gasteiger partial charge in [-0.15, -0.1) is 0 Å². The summed E-state index contributed by atoms with van der Waals surface area (Å²) in [6, 6.07) is 0. The van der Waals surface area contributed by atoms with E-state index in [2.05, 4.69) is 4.74 Å². The average Bonchev–Trinajstić information content (AvgIpc) is 1.35. The third-order valence-electron chi connectivity index (χ3n) is 0.305. The van der Waals surface area contributed by atoms with Gasteiger partial charge in [-0.25, -0.2) is 0 Å². The SMILES string of the molecule is CCO[C](=O)[Zn]. The van der Waals surface area contributed by atoms with Gasteiger partial charge < -0.3 is 0 Å². The molecule has 0 aromatic rings. The molecule has 0 atom stereocenters. The molecule has 0 fully saturated rings. The van der Waals surface area contributed by atoms with Crippen LogP contribution in [0.2, 0.25) is 0 Å². The minimum atomic E-state index is -0.0856. The molecule has 0 aromatic carbocycles. The standard InChI is InChI=1S/C3H5O2.Zn/c1-2-5-3-4;/h2H2,1H3;. The number of hydrogen-bond donors (Lipinski definition) is 0. The van der Waals surface area contributed by atoms with Gasteiger partial charge in [0.05, 0.1) is 0 Å². The predicted molar refractivity (Wildman–Crippen MR) is 17.0 cm³/mol. The molecule has 0 rings (SSSR count). The van der Waals surface area contributed by atoms with Crippen LogP contribution in [-0.2, 0) is 23.0 Å². The maximum atomic E-state index is 9.88. The van der Waals surface area contributed by atoms with Crippen LogP contribution >= 0.6 is 0 Å². The summed E-state index contributed by atoms with van der Waals surface area (Å²) in [6.45, 7) is 2.31. The Labute approximate surface area is 46.5 Å². The Bertz CT molecular complexity index is 52.8. The van der Waals surface area contributed by atoms with Gasteiger partial charge in [-0.05, 0) is 0 Å². The molecule has 0 spiro atoms. The molecule has 3 heteroatoms. The molecular formula is C3H5O2Zn. The van der Waals surface area contributed by atoms with Crippen LogP contribution in [0.4, 0.5) is 4.79 Å². The quantitative estimate of drug-likeness (QED) is 0.499. The van der Waals surface area contributed by atoms with E-state index in [0.717, 1.165) is 0 Å². The molecule has 0 bridgehead atoms. The van der Waals surface area contributed by atoms with Crippen molar-refractivity contribution in [1.29, 1.82) is 0 Å². The summed E-state index contributed by atoms with van der Waals surface area (Å²) >= 11 is 0.605. The third kappa shape index (κ3) is 4.09. The Hall–Kier alpha value is 0.0934. The molecule has 31 valence electrons. The van der Waals surface area contributed by atoms with Gasteiger partial charge in [0.15, 0.2) is 0 Å². The van der Waals surface area contributed by atoms with Crippen molar-refractivity contribution in [3.8, 4) is 0 Å². The van der Waals surface area contributed by atoms with Gasteiger partial charge in [-0.2, -0.15) is 0 Å². The minimum absolute atomic E-state index is 0.0856. The van der Waals surface area contributed by atoms with Crippen molar-refractivity contribution in [3.05, 3.63) is 0 Å². The Kier molecular flexibility index (Phi) is 3.34. The van der Waals surface area contributed by atoms with Gasteiger partial charge in [-0.1, -0.05) is 0 Å². The topological polar surface area (TPSA) is 26.3 Å². The first-order valence-corrected chi connectivity index (χ1v) is 3.24. The summed E-state index contributed by atoms with van der Waals surface area (Å²) in [4.78, 5) is 9.88. The van der Waals surface area contributed by atoms with Gasteiger partial charge >= 0.3 is 45.9 Å². The van der Waals surface area contributed by atoms with E-state index in [1.165, 1.54) is 0 Å². The fourth-order valence-corrected chi connectivity index (χ4v) is 0.589. The number of carbonyl (C=O) groups is 1. The second kappa shape index (κ2) is 3.29. The molecule has 0 aromatic heterocycles. The molecule has 0 aliphatic carbocycles. The van der Waals surface area contributed by atoms with E-state index in [9.17, 15) is 4.79 Å². The van der Waals surface area contributed by atoms with Crippen molar-refractivity contribution in [1.82, 2.24) is 0 Å². The van der Waals surface area contributed by atoms with E-state index in [0.29, 0.717) is 24.9 Å². The van der Waals surface area contributed by atoms with E-state index >= 15 is 0 Å². The van der Waals surface area contributed by atoms with Gasteiger partial charge in [0.2, 0.25) is 0 Å². The third-order valence-corrected chi connectivity index (χ3v) is 0.734. The Morgan fingerprint density at radius 3 is 2.50 bits per heavy atom. The zero-order chi connectivity index (χ0) is 4.99. The normalized spacial score (nSPS) is 7.83. The van der Waals surface area contributed by atoms with Crippen molar-refractivity contribution < 1.29 is 27.8 Å². The fraction of sp³-hybridized carbons (Fsp3) is 0.667. The van der Waals surface area contributed by atoms with E-state index in [-0.39, 0.29) is 4.56 Å². The van der Waals surface area contributed by atoms with Crippen molar-refractivity contribution in [2.75, 3.05) is 6.61 Å². The summed E-state index contributed by atoms with van der Waals surface area (Å²) in [5, 5.41) is 0. The molecule has 0 N–H and O–H groups in total. The van der Waals surface area contributed by atoms with Gasteiger partial charge in [0, 0.05) is 0 Å². The van der Waals surface area contributed by atoms with Crippen molar-refractivity contribution in [2.24, 2.45) is 0 Å². The van der Waals surface area contributed by atoms with Crippen LogP contribution in [0, 0.1) is 0 Å². The summed E-state index contributed by atoms with van der Waals surface area (Å²) in [6.07, 6.45) is 0. The predicted octanol–water partition coefficient (Wildman–Crippen LogP) is 0.690. The molecular weight excluding hydrogens is 133 g/mol. The molecule has 0 saturated carbocycles. The first-order valence-electron chi connectivity index (χ1n) is 1.76. The Morgan fingerprint density at radius 1 is 2.00 bits per heavy atom. The number of ether oxygens (including phenoxy) is 1. The fourth-order valence-electron chi connectivity index (χ4n) is 0.161. The van der Waals surface area contributed by atoms with Gasteiger partial charge in [-0.3, -0.25) is 0 Å². The maximum absolute atomic E-state index is 9.88. The molecule has 0 saturated heterocycles.